The number of benzene rings is 2. The Morgan fingerprint density at radius 2 is 1.97 bits per heavy atom. The number of aliphatic imine (C=N–C) groups is 1. The average Bonchev–Trinajstić information content (AvgIpc) is 3.15. The number of amides is 2. The number of rotatable bonds is 7. The first-order chi connectivity index (χ1) is 18.4. The predicted molar refractivity (Wildman–Crippen MR) is 150 cm³/mol. The topological polar surface area (TPSA) is 57.2 Å². The Hall–Kier alpha value is -3.19. The summed E-state index contributed by atoms with van der Waals surface area (Å²) in [5.74, 6) is 1.24. The third-order valence-corrected chi connectivity index (χ3v) is 8.01. The van der Waals surface area contributed by atoms with E-state index in [0.29, 0.717) is 18.5 Å². The first-order valence-corrected chi connectivity index (χ1v) is 14.0. The van der Waals surface area contributed by atoms with Crippen LogP contribution in [0.5, 0.6) is 5.75 Å². The molecule has 6 nitrogen and oxygen atoms in total. The zero-order chi connectivity index (χ0) is 26.7. The number of hydrogen-bond donors (Lipinski definition) is 1. The Morgan fingerprint density at radius 1 is 1.18 bits per heavy atom. The summed E-state index contributed by atoms with van der Waals surface area (Å²) < 4.78 is 20.2. The molecule has 2 heterocycles. The first-order valence-electron chi connectivity index (χ1n) is 14.0. The highest BCUT2D eigenvalue weighted by atomic mass is 19.1. The maximum atomic E-state index is 14.3. The third-order valence-electron chi connectivity index (χ3n) is 8.01. The number of hydrogen-bond acceptors (Lipinski definition) is 4. The molecule has 1 spiro atoms. The number of likely N-dealkylation sites (tertiary alicyclic amines) is 1. The number of piperidine rings is 1. The second-order valence-electron chi connectivity index (χ2n) is 11.1. The SMILES string of the molecule is C=C[C@H]1C[C@]2(CCN1Cc1cccc(OC(C)C)c1)C(=NC1CCCCC1)NC(=O)N2c1cccc(F)c1. The lowest BCUT2D eigenvalue weighted by molar-refractivity contribution is 0.140. The Morgan fingerprint density at radius 3 is 2.71 bits per heavy atom. The van der Waals surface area contributed by atoms with Crippen LogP contribution in [0.2, 0.25) is 0 Å². The molecule has 1 saturated carbocycles. The van der Waals surface area contributed by atoms with Crippen LogP contribution >= 0.6 is 0 Å². The third kappa shape index (κ3) is 5.48. The molecule has 0 aromatic heterocycles. The van der Waals surface area contributed by atoms with Crippen molar-refractivity contribution in [3.05, 3.63) is 72.6 Å². The van der Waals surface area contributed by atoms with Gasteiger partial charge in [-0.1, -0.05) is 43.5 Å². The molecule has 3 aliphatic rings. The van der Waals surface area contributed by atoms with Crippen LogP contribution in [0.15, 0.2) is 66.2 Å². The molecule has 5 rings (SSSR count). The Balaban J connectivity index is 1.46. The van der Waals surface area contributed by atoms with Crippen LogP contribution in [0.3, 0.4) is 0 Å². The molecular formula is C31H39FN4O2. The number of ether oxygens (including phenoxy) is 1. The van der Waals surface area contributed by atoms with Crippen molar-refractivity contribution in [1.29, 1.82) is 0 Å². The van der Waals surface area contributed by atoms with Gasteiger partial charge in [0.05, 0.1) is 12.1 Å². The summed E-state index contributed by atoms with van der Waals surface area (Å²) in [4.78, 5) is 22.8. The maximum Gasteiger partial charge on any atom is 0.328 e. The fraction of sp³-hybridized carbons (Fsp3) is 0.484. The number of nitrogens with one attached hydrogen (secondary N) is 1. The van der Waals surface area contributed by atoms with Gasteiger partial charge < -0.3 is 4.74 Å². The summed E-state index contributed by atoms with van der Waals surface area (Å²) in [7, 11) is 0. The van der Waals surface area contributed by atoms with Gasteiger partial charge >= 0.3 is 6.03 Å². The van der Waals surface area contributed by atoms with Gasteiger partial charge in [-0.2, -0.15) is 0 Å². The molecule has 0 bridgehead atoms. The molecule has 2 amide bonds. The van der Waals surface area contributed by atoms with E-state index in [1.165, 1.54) is 37.0 Å². The monoisotopic (exact) mass is 518 g/mol. The Labute approximate surface area is 225 Å². The van der Waals surface area contributed by atoms with E-state index in [1.807, 2.05) is 38.1 Å². The van der Waals surface area contributed by atoms with Crippen molar-refractivity contribution < 1.29 is 13.9 Å². The lowest BCUT2D eigenvalue weighted by atomic mass is 9.80. The van der Waals surface area contributed by atoms with Crippen LogP contribution in [0, 0.1) is 5.82 Å². The summed E-state index contributed by atoms with van der Waals surface area (Å²) in [6.07, 6.45) is 9.08. The van der Waals surface area contributed by atoms with Crippen LogP contribution in [-0.4, -0.2) is 47.0 Å². The lowest BCUT2D eigenvalue weighted by Crippen LogP contribution is -2.59. The van der Waals surface area contributed by atoms with Crippen LogP contribution in [0.25, 0.3) is 0 Å². The molecule has 38 heavy (non-hydrogen) atoms. The number of carbonyl (C=O) groups is 1. The summed E-state index contributed by atoms with van der Waals surface area (Å²) in [5, 5.41) is 3.11. The van der Waals surface area contributed by atoms with Crippen LogP contribution in [-0.2, 0) is 6.54 Å². The van der Waals surface area contributed by atoms with Crippen molar-refractivity contribution >= 4 is 17.6 Å². The van der Waals surface area contributed by atoms with E-state index in [9.17, 15) is 9.18 Å². The normalized spacial score (nSPS) is 25.8. The summed E-state index contributed by atoms with van der Waals surface area (Å²) >= 11 is 0. The van der Waals surface area contributed by atoms with Gasteiger partial charge in [0.1, 0.15) is 22.9 Å². The number of halogens is 1. The first kappa shape index (κ1) is 26.4. The molecule has 2 aromatic rings. The molecular weight excluding hydrogens is 479 g/mol. The van der Waals surface area contributed by atoms with Crippen LogP contribution in [0.4, 0.5) is 14.9 Å². The van der Waals surface area contributed by atoms with Gasteiger partial charge in [0.2, 0.25) is 0 Å². The van der Waals surface area contributed by atoms with Crippen molar-refractivity contribution in [3.8, 4) is 5.75 Å². The van der Waals surface area contributed by atoms with E-state index in [4.69, 9.17) is 9.73 Å². The second-order valence-corrected chi connectivity index (χ2v) is 11.1. The van der Waals surface area contributed by atoms with E-state index in [0.717, 1.165) is 37.5 Å². The van der Waals surface area contributed by atoms with E-state index in [1.54, 1.807) is 11.0 Å². The number of carbonyl (C=O) groups excluding carboxylic acids is 1. The number of anilines is 1. The second kappa shape index (κ2) is 11.3. The zero-order valence-corrected chi connectivity index (χ0v) is 22.5. The highest BCUT2D eigenvalue weighted by Gasteiger charge is 2.55. The molecule has 0 unspecified atom stereocenters. The summed E-state index contributed by atoms with van der Waals surface area (Å²) in [6.45, 7) is 9.72. The molecule has 2 aliphatic heterocycles. The molecule has 2 aromatic carbocycles. The fourth-order valence-corrected chi connectivity index (χ4v) is 6.24. The fourth-order valence-electron chi connectivity index (χ4n) is 6.24. The molecule has 2 saturated heterocycles. The highest BCUT2D eigenvalue weighted by Crippen LogP contribution is 2.41. The van der Waals surface area contributed by atoms with E-state index in [2.05, 4.69) is 28.9 Å². The highest BCUT2D eigenvalue weighted by molar-refractivity contribution is 6.19. The molecule has 0 radical (unpaired) electrons. The molecule has 7 heteroatoms. The van der Waals surface area contributed by atoms with Crippen molar-refractivity contribution in [1.82, 2.24) is 10.2 Å². The number of urea groups is 1. The number of nitrogens with zero attached hydrogens (tertiary/aromatic N) is 3. The van der Waals surface area contributed by atoms with Gasteiger partial charge in [0, 0.05) is 24.8 Å². The molecule has 3 fully saturated rings. The van der Waals surface area contributed by atoms with Crippen molar-refractivity contribution in [2.75, 3.05) is 11.4 Å². The minimum Gasteiger partial charge on any atom is -0.491 e. The van der Waals surface area contributed by atoms with Crippen LogP contribution in [0.1, 0.15) is 64.4 Å². The average molecular weight is 519 g/mol. The quantitative estimate of drug-likeness (QED) is 0.428. The summed E-state index contributed by atoms with van der Waals surface area (Å²) in [5.41, 5.74) is 1.07. The van der Waals surface area contributed by atoms with Gasteiger partial charge in [-0.15, -0.1) is 6.58 Å². The van der Waals surface area contributed by atoms with Crippen molar-refractivity contribution in [2.45, 2.75) is 89.1 Å². The van der Waals surface area contributed by atoms with E-state index < -0.39 is 5.54 Å². The molecule has 1 aliphatic carbocycles. The summed E-state index contributed by atoms with van der Waals surface area (Å²) in [6, 6.07) is 14.5. The van der Waals surface area contributed by atoms with Gasteiger partial charge in [-0.3, -0.25) is 20.1 Å². The molecule has 1 N–H and O–H groups in total. The van der Waals surface area contributed by atoms with Gasteiger partial charge in [0.25, 0.3) is 0 Å². The minimum atomic E-state index is -0.666. The standard InChI is InChI=1S/C31H39FN4O2/c1-4-26-20-31(16-17-35(26)21-23-10-8-15-28(18-23)38-22(2)3)29(33-25-12-6-5-7-13-25)34-30(37)36(31)27-14-9-11-24(32)19-27/h4,8-11,14-15,18-19,22,25-26H,1,5-7,12-13,16-17,20-21H2,2-3H3,(H,33,34,37)/t26-,31+/m0/s1. The van der Waals surface area contributed by atoms with E-state index in [-0.39, 0.29) is 30.0 Å². The van der Waals surface area contributed by atoms with Gasteiger partial charge in [0.15, 0.2) is 0 Å². The maximum absolute atomic E-state index is 14.3. The smallest absolute Gasteiger partial charge is 0.328 e. The Bertz CT molecular complexity index is 1190. The zero-order valence-electron chi connectivity index (χ0n) is 22.5. The van der Waals surface area contributed by atoms with Gasteiger partial charge in [-0.25, -0.2) is 9.18 Å². The lowest BCUT2D eigenvalue weighted by Gasteiger charge is -2.47. The largest absolute Gasteiger partial charge is 0.491 e. The van der Waals surface area contributed by atoms with Gasteiger partial charge in [-0.05, 0) is 75.4 Å². The van der Waals surface area contributed by atoms with Crippen molar-refractivity contribution in [3.63, 3.8) is 0 Å². The Kier molecular flexibility index (Phi) is 7.84. The van der Waals surface area contributed by atoms with E-state index >= 15 is 0 Å². The molecule has 202 valence electrons. The molecule has 2 atom stereocenters. The number of amidine groups is 1. The van der Waals surface area contributed by atoms with Crippen molar-refractivity contribution in [2.24, 2.45) is 4.99 Å². The van der Waals surface area contributed by atoms with Crippen LogP contribution < -0.4 is 15.0 Å². The predicted octanol–water partition coefficient (Wildman–Crippen LogP) is 6.46. The minimum absolute atomic E-state index is 0.0127.